The van der Waals surface area contributed by atoms with Gasteiger partial charge in [0.2, 0.25) is 0 Å². The smallest absolute Gasteiger partial charge is 0.262 e. The number of alkyl halides is 3. The van der Waals surface area contributed by atoms with Gasteiger partial charge in [-0.15, -0.1) is 5.06 Å². The van der Waals surface area contributed by atoms with Crippen molar-refractivity contribution in [1.29, 1.82) is 0 Å². The van der Waals surface area contributed by atoms with Gasteiger partial charge < -0.3 is 0 Å². The predicted octanol–water partition coefficient (Wildman–Crippen LogP) is 2.31. The van der Waals surface area contributed by atoms with Crippen molar-refractivity contribution in [1.82, 2.24) is 5.06 Å². The van der Waals surface area contributed by atoms with E-state index >= 15 is 0 Å². The third-order valence-electron chi connectivity index (χ3n) is 1.97. The number of hydrogen-bond acceptors (Lipinski definition) is 2. The summed E-state index contributed by atoms with van der Waals surface area (Å²) in [5.41, 5.74) is -2.01. The number of hydrogen-bond donors (Lipinski definition) is 0. The summed E-state index contributed by atoms with van der Waals surface area (Å²) in [6.07, 6.45) is -2.68. The largest absolute Gasteiger partial charge is 0.435 e. The van der Waals surface area contributed by atoms with Gasteiger partial charge in [0.25, 0.3) is 5.72 Å². The minimum atomic E-state index is -4.28. The molecule has 72 valence electrons. The molecule has 12 heavy (non-hydrogen) atoms. The molecule has 0 bridgehead atoms. The van der Waals surface area contributed by atoms with Gasteiger partial charge in [0.05, 0.1) is 0 Å². The third-order valence-corrected chi connectivity index (χ3v) is 1.97. The first-order valence-corrected chi connectivity index (χ1v) is 3.95. The lowest BCUT2D eigenvalue weighted by atomic mass is 10.2. The molecule has 1 saturated heterocycles. The van der Waals surface area contributed by atoms with Gasteiger partial charge in [-0.1, -0.05) is 13.3 Å². The fourth-order valence-corrected chi connectivity index (χ4v) is 0.948. The van der Waals surface area contributed by atoms with E-state index in [4.69, 9.17) is 0 Å². The zero-order chi connectivity index (χ0) is 9.41. The van der Waals surface area contributed by atoms with E-state index in [2.05, 4.69) is 4.84 Å². The molecule has 1 fully saturated rings. The van der Waals surface area contributed by atoms with Gasteiger partial charge in [-0.3, -0.25) is 4.84 Å². The van der Waals surface area contributed by atoms with Gasteiger partial charge in [0, 0.05) is 6.54 Å². The van der Waals surface area contributed by atoms with Crippen LogP contribution in [0.1, 0.15) is 26.7 Å². The average molecular weight is 183 g/mol. The molecule has 2 atom stereocenters. The summed E-state index contributed by atoms with van der Waals surface area (Å²) in [7, 11) is 0. The maximum absolute atomic E-state index is 12.1. The van der Waals surface area contributed by atoms with Crippen molar-refractivity contribution in [3.05, 3.63) is 0 Å². The summed E-state index contributed by atoms with van der Waals surface area (Å²) in [6.45, 7) is 3.32. The van der Waals surface area contributed by atoms with Crippen LogP contribution in [0.5, 0.6) is 0 Å². The Morgan fingerprint density at radius 1 is 1.42 bits per heavy atom. The normalized spacial score (nSPS) is 35.2. The molecular weight excluding hydrogens is 171 g/mol. The highest BCUT2D eigenvalue weighted by Gasteiger charge is 2.69. The average Bonchev–Trinajstić information content (AvgIpc) is 2.58. The second-order valence-corrected chi connectivity index (χ2v) is 3.03. The monoisotopic (exact) mass is 183 g/mol. The molecule has 1 rings (SSSR count). The molecule has 0 aromatic heterocycles. The Balaban J connectivity index is 2.38. The van der Waals surface area contributed by atoms with Crippen LogP contribution >= 0.6 is 0 Å². The van der Waals surface area contributed by atoms with E-state index in [0.717, 1.165) is 24.8 Å². The fourth-order valence-electron chi connectivity index (χ4n) is 0.948. The first kappa shape index (κ1) is 9.80. The molecule has 0 spiro atoms. The Hall–Kier alpha value is -0.290. The molecule has 0 radical (unpaired) electrons. The van der Waals surface area contributed by atoms with Crippen molar-refractivity contribution in [3.8, 4) is 0 Å². The first-order valence-electron chi connectivity index (χ1n) is 3.95. The van der Waals surface area contributed by atoms with Gasteiger partial charge in [0.15, 0.2) is 0 Å². The summed E-state index contributed by atoms with van der Waals surface area (Å²) >= 11 is 0. The highest BCUT2D eigenvalue weighted by Crippen LogP contribution is 2.47. The maximum atomic E-state index is 12.1. The van der Waals surface area contributed by atoms with Gasteiger partial charge in [-0.05, 0) is 13.3 Å². The van der Waals surface area contributed by atoms with Crippen molar-refractivity contribution in [2.24, 2.45) is 0 Å². The van der Waals surface area contributed by atoms with Crippen molar-refractivity contribution < 1.29 is 18.0 Å². The molecule has 5 heteroatoms. The van der Waals surface area contributed by atoms with Crippen LogP contribution in [0, 0.1) is 0 Å². The highest BCUT2D eigenvalue weighted by atomic mass is 19.4. The van der Waals surface area contributed by atoms with Crippen LogP contribution in [0.2, 0.25) is 0 Å². The zero-order valence-corrected chi connectivity index (χ0v) is 7.11. The number of hydroxylamine groups is 2. The Morgan fingerprint density at radius 2 is 2.00 bits per heavy atom. The molecule has 1 heterocycles. The lowest BCUT2D eigenvalue weighted by Crippen LogP contribution is -2.33. The fraction of sp³-hybridized carbons (Fsp3) is 1.00. The van der Waals surface area contributed by atoms with E-state index in [0.29, 0.717) is 6.54 Å². The van der Waals surface area contributed by atoms with E-state index < -0.39 is 11.9 Å². The zero-order valence-electron chi connectivity index (χ0n) is 7.11. The second-order valence-electron chi connectivity index (χ2n) is 3.03. The lowest BCUT2D eigenvalue weighted by molar-refractivity contribution is -0.181. The van der Waals surface area contributed by atoms with Gasteiger partial charge >= 0.3 is 6.18 Å². The second kappa shape index (κ2) is 2.88. The van der Waals surface area contributed by atoms with Crippen LogP contribution in [0.3, 0.4) is 0 Å². The van der Waals surface area contributed by atoms with Crippen LogP contribution in [-0.4, -0.2) is 23.5 Å². The van der Waals surface area contributed by atoms with Crippen LogP contribution in [0.15, 0.2) is 0 Å². The van der Waals surface area contributed by atoms with Crippen LogP contribution in [0.4, 0.5) is 13.2 Å². The molecule has 1 aliphatic heterocycles. The molecule has 0 saturated carbocycles. The Morgan fingerprint density at radius 3 is 2.33 bits per heavy atom. The Bertz CT molecular complexity index is 171. The minimum absolute atomic E-state index is 0.354. The molecule has 0 N–H and O–H groups in total. The number of rotatable bonds is 3. The molecule has 0 aromatic rings. The Kier molecular flexibility index (Phi) is 2.35. The van der Waals surface area contributed by atoms with E-state index in [9.17, 15) is 13.2 Å². The van der Waals surface area contributed by atoms with Gasteiger partial charge in [-0.25, -0.2) is 0 Å². The molecule has 2 nitrogen and oxygen atoms in total. The van der Waals surface area contributed by atoms with E-state index in [1.54, 1.807) is 0 Å². The van der Waals surface area contributed by atoms with Crippen molar-refractivity contribution in [3.63, 3.8) is 0 Å². The third kappa shape index (κ3) is 1.56. The molecular formula is C7H12F3NO. The summed E-state index contributed by atoms with van der Waals surface area (Å²) in [5.74, 6) is 0. The van der Waals surface area contributed by atoms with E-state index in [-0.39, 0.29) is 0 Å². The number of halogens is 3. The Labute approximate surface area is 69.2 Å². The molecule has 0 amide bonds. The minimum Gasteiger partial charge on any atom is -0.262 e. The summed E-state index contributed by atoms with van der Waals surface area (Å²) < 4.78 is 36.4. The van der Waals surface area contributed by atoms with Crippen molar-refractivity contribution in [2.75, 3.05) is 6.54 Å². The quantitative estimate of drug-likeness (QED) is 0.624. The van der Waals surface area contributed by atoms with Crippen molar-refractivity contribution >= 4 is 0 Å². The lowest BCUT2D eigenvalue weighted by Gasteiger charge is -2.09. The standard InChI is InChI=1S/C7H12F3NO/c1-3-4-5-11-6(2,12-11)7(8,9)10/h3-5H2,1-2H3/t6-,11?/m0/s1. The van der Waals surface area contributed by atoms with Gasteiger partial charge in [0.1, 0.15) is 0 Å². The summed E-state index contributed by atoms with van der Waals surface area (Å²) in [4.78, 5) is 4.48. The van der Waals surface area contributed by atoms with Crippen LogP contribution < -0.4 is 0 Å². The topological polar surface area (TPSA) is 15.5 Å². The summed E-state index contributed by atoms with van der Waals surface area (Å²) in [6, 6.07) is 0. The maximum Gasteiger partial charge on any atom is 0.435 e. The molecule has 1 aliphatic rings. The SMILES string of the molecule is CCCCN1O[C@@]1(C)C(F)(F)F. The highest BCUT2D eigenvalue weighted by molar-refractivity contribution is 4.89. The first-order chi connectivity index (χ1) is 5.42. The van der Waals surface area contributed by atoms with Crippen molar-refractivity contribution in [2.45, 2.75) is 38.6 Å². The van der Waals surface area contributed by atoms with Gasteiger partial charge in [-0.2, -0.15) is 13.2 Å². The van der Waals surface area contributed by atoms with Crippen LogP contribution in [-0.2, 0) is 4.84 Å². The number of nitrogens with zero attached hydrogens (tertiary/aromatic N) is 1. The van der Waals surface area contributed by atoms with E-state index in [1.165, 1.54) is 0 Å². The molecule has 0 aromatic carbocycles. The summed E-state index contributed by atoms with van der Waals surface area (Å²) in [5, 5.41) is 0.983. The van der Waals surface area contributed by atoms with Crippen LogP contribution in [0.25, 0.3) is 0 Å². The number of unbranched alkanes of at least 4 members (excludes halogenated alkanes) is 1. The molecule has 1 unspecified atom stereocenters. The van der Waals surface area contributed by atoms with E-state index in [1.807, 2.05) is 6.92 Å². The molecule has 0 aliphatic carbocycles. The predicted molar refractivity (Wildman–Crippen MR) is 37.2 cm³/mol.